The first-order chi connectivity index (χ1) is 10.0. The molecule has 3 unspecified atom stereocenters. The Morgan fingerprint density at radius 3 is 2.14 bits per heavy atom. The van der Waals surface area contributed by atoms with Gasteiger partial charge in [0.05, 0.1) is 17.4 Å². The molecule has 2 saturated carbocycles. The van der Waals surface area contributed by atoms with Gasteiger partial charge in [0.25, 0.3) is 0 Å². The fourth-order valence-corrected chi connectivity index (χ4v) is 3.85. The molecule has 0 saturated heterocycles. The molecule has 120 valence electrons. The van der Waals surface area contributed by atoms with Gasteiger partial charge in [0.1, 0.15) is 11.9 Å². The van der Waals surface area contributed by atoms with Crippen LogP contribution in [0.25, 0.3) is 0 Å². The summed E-state index contributed by atoms with van der Waals surface area (Å²) in [5.74, 6) is 0.222. The van der Waals surface area contributed by atoms with Crippen molar-refractivity contribution in [3.05, 3.63) is 0 Å². The Kier molecular flexibility index (Phi) is 6.06. The fourth-order valence-electron chi connectivity index (χ4n) is 3.42. The topological polar surface area (TPSA) is 52.6 Å². The summed E-state index contributed by atoms with van der Waals surface area (Å²) in [6, 6.07) is 0. The van der Waals surface area contributed by atoms with Crippen LogP contribution in [-0.2, 0) is 19.1 Å². The van der Waals surface area contributed by atoms with E-state index in [0.29, 0.717) is 6.42 Å². The van der Waals surface area contributed by atoms with Crippen molar-refractivity contribution in [1.29, 1.82) is 0 Å². The number of methoxy groups -OCH3 is 1. The maximum atomic E-state index is 12.2. The lowest BCUT2D eigenvalue weighted by atomic mass is 9.80. The van der Waals surface area contributed by atoms with E-state index in [4.69, 9.17) is 21.1 Å². The quantitative estimate of drug-likeness (QED) is 0.591. The molecule has 3 atom stereocenters. The minimum absolute atomic E-state index is 0.0467. The van der Waals surface area contributed by atoms with Crippen LogP contribution < -0.4 is 0 Å². The Labute approximate surface area is 131 Å². The first-order valence-corrected chi connectivity index (χ1v) is 8.32. The largest absolute Gasteiger partial charge is 0.462 e. The first kappa shape index (κ1) is 16.8. The molecular weight excluding hydrogens is 292 g/mol. The van der Waals surface area contributed by atoms with Crippen LogP contribution in [0.1, 0.15) is 51.9 Å². The molecule has 0 aliphatic heterocycles. The first-order valence-electron chi connectivity index (χ1n) is 7.89. The van der Waals surface area contributed by atoms with Crippen LogP contribution in [0.15, 0.2) is 0 Å². The number of hydrogen-bond donors (Lipinski definition) is 0. The number of halogens is 1. The predicted molar refractivity (Wildman–Crippen MR) is 80.3 cm³/mol. The number of carbonyl (C=O) groups excluding carboxylic acids is 2. The lowest BCUT2D eigenvalue weighted by Crippen LogP contribution is -2.37. The van der Waals surface area contributed by atoms with Gasteiger partial charge in [-0.2, -0.15) is 0 Å². The monoisotopic (exact) mass is 316 g/mol. The average Bonchev–Trinajstić information content (AvgIpc) is 2.47. The lowest BCUT2D eigenvalue weighted by molar-refractivity contribution is -0.158. The molecule has 5 heteroatoms. The van der Waals surface area contributed by atoms with Gasteiger partial charge in [-0.3, -0.25) is 9.59 Å². The number of rotatable bonds is 4. The SMILES string of the molecule is COC1CCC(OC(=O)C2CCC(C(C)=O)CC2)CC1Cl. The van der Waals surface area contributed by atoms with Gasteiger partial charge in [-0.25, -0.2) is 0 Å². The van der Waals surface area contributed by atoms with E-state index in [-0.39, 0.29) is 41.2 Å². The Hall–Kier alpha value is -0.610. The van der Waals surface area contributed by atoms with E-state index in [2.05, 4.69) is 0 Å². The maximum Gasteiger partial charge on any atom is 0.309 e. The molecule has 0 amide bonds. The van der Waals surface area contributed by atoms with Gasteiger partial charge in [-0.05, 0) is 45.4 Å². The smallest absolute Gasteiger partial charge is 0.309 e. The average molecular weight is 317 g/mol. The summed E-state index contributed by atoms with van der Waals surface area (Å²) in [7, 11) is 1.67. The van der Waals surface area contributed by atoms with E-state index < -0.39 is 0 Å². The van der Waals surface area contributed by atoms with Gasteiger partial charge in [0.2, 0.25) is 0 Å². The second kappa shape index (κ2) is 7.59. The van der Waals surface area contributed by atoms with Crippen LogP contribution in [-0.4, -0.2) is 36.4 Å². The van der Waals surface area contributed by atoms with E-state index in [1.54, 1.807) is 14.0 Å². The zero-order valence-electron chi connectivity index (χ0n) is 12.8. The standard InChI is InChI=1S/C16H25ClO4/c1-10(18)11-3-5-12(6-4-11)16(19)21-13-7-8-15(20-2)14(17)9-13/h11-15H,3-9H2,1-2H3. The van der Waals surface area contributed by atoms with Crippen LogP contribution in [0, 0.1) is 11.8 Å². The number of esters is 1. The van der Waals surface area contributed by atoms with Crippen LogP contribution in [0.4, 0.5) is 0 Å². The van der Waals surface area contributed by atoms with Gasteiger partial charge in [-0.1, -0.05) is 0 Å². The van der Waals surface area contributed by atoms with Crippen molar-refractivity contribution in [1.82, 2.24) is 0 Å². The van der Waals surface area contributed by atoms with Crippen LogP contribution >= 0.6 is 11.6 Å². The molecule has 0 spiro atoms. The molecule has 0 heterocycles. The summed E-state index contributed by atoms with van der Waals surface area (Å²) in [4.78, 5) is 23.6. The molecule has 4 nitrogen and oxygen atoms in total. The van der Waals surface area contributed by atoms with E-state index in [0.717, 1.165) is 38.5 Å². The molecule has 21 heavy (non-hydrogen) atoms. The van der Waals surface area contributed by atoms with Crippen molar-refractivity contribution in [2.75, 3.05) is 7.11 Å². The van der Waals surface area contributed by atoms with Crippen molar-refractivity contribution in [3.63, 3.8) is 0 Å². The van der Waals surface area contributed by atoms with Gasteiger partial charge in [0, 0.05) is 19.4 Å². The Morgan fingerprint density at radius 1 is 1.00 bits per heavy atom. The van der Waals surface area contributed by atoms with Gasteiger partial charge < -0.3 is 9.47 Å². The molecule has 2 aliphatic rings. The maximum absolute atomic E-state index is 12.2. The molecule has 0 aromatic heterocycles. The highest BCUT2D eigenvalue weighted by molar-refractivity contribution is 6.21. The normalized spacial score (nSPS) is 37.0. The number of Topliss-reactive ketones (excluding diaryl/α,β-unsaturated/α-hetero) is 1. The third-order valence-corrected chi connectivity index (χ3v) is 5.34. The highest BCUT2D eigenvalue weighted by atomic mass is 35.5. The third-order valence-electron chi connectivity index (χ3n) is 4.89. The van der Waals surface area contributed by atoms with E-state index >= 15 is 0 Å². The Morgan fingerprint density at radius 2 is 1.62 bits per heavy atom. The lowest BCUT2D eigenvalue weighted by Gasteiger charge is -2.33. The minimum atomic E-state index is -0.110. The van der Waals surface area contributed by atoms with E-state index in [1.807, 2.05) is 0 Å². The second-order valence-corrected chi connectivity index (χ2v) is 6.88. The van der Waals surface area contributed by atoms with E-state index in [1.165, 1.54) is 0 Å². The number of alkyl halides is 1. The zero-order valence-corrected chi connectivity index (χ0v) is 13.6. The molecule has 2 fully saturated rings. The van der Waals surface area contributed by atoms with Crippen molar-refractivity contribution in [2.45, 2.75) is 69.5 Å². The van der Waals surface area contributed by atoms with Gasteiger partial charge >= 0.3 is 5.97 Å². The second-order valence-electron chi connectivity index (χ2n) is 6.32. The highest BCUT2D eigenvalue weighted by Gasteiger charge is 2.34. The third kappa shape index (κ3) is 4.43. The minimum Gasteiger partial charge on any atom is -0.462 e. The Bertz CT molecular complexity index is 376. The fraction of sp³-hybridized carbons (Fsp3) is 0.875. The summed E-state index contributed by atoms with van der Waals surface area (Å²) >= 11 is 6.25. The molecule has 2 aliphatic carbocycles. The number of carbonyl (C=O) groups is 2. The summed E-state index contributed by atoms with van der Waals surface area (Å²) in [5.41, 5.74) is 0. The van der Waals surface area contributed by atoms with Crippen LogP contribution in [0.3, 0.4) is 0 Å². The molecule has 0 aromatic rings. The van der Waals surface area contributed by atoms with Crippen molar-refractivity contribution < 1.29 is 19.1 Å². The summed E-state index contributed by atoms with van der Waals surface area (Å²) < 4.78 is 10.9. The van der Waals surface area contributed by atoms with E-state index in [9.17, 15) is 9.59 Å². The van der Waals surface area contributed by atoms with Gasteiger partial charge in [-0.15, -0.1) is 11.6 Å². The summed E-state index contributed by atoms with van der Waals surface area (Å²) in [6.07, 6.45) is 5.43. The predicted octanol–water partition coefficient (Wildman–Crippen LogP) is 3.10. The zero-order chi connectivity index (χ0) is 15.4. The van der Waals surface area contributed by atoms with Crippen LogP contribution in [0.2, 0.25) is 0 Å². The summed E-state index contributed by atoms with van der Waals surface area (Å²) in [6.45, 7) is 1.64. The molecule has 0 aromatic carbocycles. The van der Waals surface area contributed by atoms with Crippen molar-refractivity contribution >= 4 is 23.4 Å². The van der Waals surface area contributed by atoms with Crippen LogP contribution in [0.5, 0.6) is 0 Å². The van der Waals surface area contributed by atoms with Gasteiger partial charge in [0.15, 0.2) is 0 Å². The van der Waals surface area contributed by atoms with Crippen molar-refractivity contribution in [2.24, 2.45) is 11.8 Å². The molecule has 0 N–H and O–H groups in total. The number of ketones is 1. The molecule has 0 radical (unpaired) electrons. The van der Waals surface area contributed by atoms with Crippen molar-refractivity contribution in [3.8, 4) is 0 Å². The summed E-state index contributed by atoms with van der Waals surface area (Å²) in [5, 5.41) is -0.0880. The molecule has 0 bridgehead atoms. The molecule has 2 rings (SSSR count). The number of hydrogen-bond acceptors (Lipinski definition) is 4. The number of ether oxygens (including phenoxy) is 2. The Balaban J connectivity index is 1.76. The molecular formula is C16H25ClO4. The highest BCUT2D eigenvalue weighted by Crippen LogP contribution is 2.32.